The number of hydrogen-bond acceptors (Lipinski definition) is 2. The van der Waals surface area contributed by atoms with Crippen molar-refractivity contribution >= 4 is 43.2 Å². The van der Waals surface area contributed by atoms with Crippen LogP contribution in [0.4, 0.5) is 13.2 Å². The van der Waals surface area contributed by atoms with Crippen molar-refractivity contribution in [3.8, 4) is 0 Å². The molecule has 0 saturated heterocycles. The molecule has 0 saturated carbocycles. The molecule has 2 aromatic rings. The highest BCUT2D eigenvalue weighted by molar-refractivity contribution is 9.10. The number of benzene rings is 1. The van der Waals surface area contributed by atoms with E-state index in [2.05, 4.69) is 37.2 Å². The summed E-state index contributed by atoms with van der Waals surface area (Å²) in [6.45, 7) is 2.58. The zero-order chi connectivity index (χ0) is 15.6. The summed E-state index contributed by atoms with van der Waals surface area (Å²) in [6, 6.07) is 5.33. The predicted molar refractivity (Wildman–Crippen MR) is 86.7 cm³/mol. The normalized spacial score (nSPS) is 13.4. The number of thiophene rings is 1. The standard InChI is InChI=1S/C14H12Br2F3NS/c1-2-20-12(13-11(16)5-6-21-13)9-7-8(14(17,18)19)3-4-10(9)15/h3-7,12,20H,2H2,1H3. The molecule has 2 rings (SSSR count). The average molecular weight is 443 g/mol. The first kappa shape index (κ1) is 17.0. The molecule has 0 spiro atoms. The van der Waals surface area contributed by atoms with Gasteiger partial charge in [-0.3, -0.25) is 0 Å². The second-order valence-corrected chi connectivity index (χ2v) is 7.01. The van der Waals surface area contributed by atoms with Gasteiger partial charge in [0.2, 0.25) is 0 Å². The highest BCUT2D eigenvalue weighted by atomic mass is 79.9. The first-order valence-corrected chi connectivity index (χ1v) is 8.64. The van der Waals surface area contributed by atoms with Gasteiger partial charge in [-0.15, -0.1) is 11.3 Å². The van der Waals surface area contributed by atoms with Crippen molar-refractivity contribution in [1.29, 1.82) is 0 Å². The van der Waals surface area contributed by atoms with Gasteiger partial charge in [0.1, 0.15) is 0 Å². The largest absolute Gasteiger partial charge is 0.416 e. The van der Waals surface area contributed by atoms with Gasteiger partial charge >= 0.3 is 6.18 Å². The van der Waals surface area contributed by atoms with Crippen molar-refractivity contribution in [1.82, 2.24) is 5.32 Å². The fourth-order valence-corrected chi connectivity index (χ4v) is 4.17. The Bertz CT molecular complexity index is 625. The van der Waals surface area contributed by atoms with E-state index in [0.717, 1.165) is 15.4 Å². The Hall–Kier alpha value is -0.370. The van der Waals surface area contributed by atoms with Gasteiger partial charge in [-0.05, 0) is 57.7 Å². The van der Waals surface area contributed by atoms with E-state index in [9.17, 15) is 13.2 Å². The third-order valence-electron chi connectivity index (χ3n) is 2.95. The fraction of sp³-hybridized carbons (Fsp3) is 0.286. The Kier molecular flexibility index (Phi) is 5.51. The van der Waals surface area contributed by atoms with Gasteiger partial charge in [0, 0.05) is 13.8 Å². The second-order valence-electron chi connectivity index (χ2n) is 4.36. The summed E-state index contributed by atoms with van der Waals surface area (Å²) in [5.74, 6) is 0. The monoisotopic (exact) mass is 441 g/mol. The minimum Gasteiger partial charge on any atom is -0.306 e. The van der Waals surface area contributed by atoms with E-state index in [4.69, 9.17) is 0 Å². The van der Waals surface area contributed by atoms with Crippen LogP contribution in [0, 0.1) is 0 Å². The summed E-state index contributed by atoms with van der Waals surface area (Å²) >= 11 is 8.31. The number of rotatable bonds is 4. The van der Waals surface area contributed by atoms with Crippen molar-refractivity contribution < 1.29 is 13.2 Å². The van der Waals surface area contributed by atoms with Crippen LogP contribution in [0.5, 0.6) is 0 Å². The molecule has 0 aliphatic rings. The Labute approximate surface area is 141 Å². The molecule has 0 bridgehead atoms. The molecule has 0 radical (unpaired) electrons. The molecule has 1 aromatic heterocycles. The summed E-state index contributed by atoms with van der Waals surface area (Å²) in [5, 5.41) is 5.15. The SMILES string of the molecule is CCNC(c1cc(C(F)(F)F)ccc1Br)c1sccc1Br. The lowest BCUT2D eigenvalue weighted by molar-refractivity contribution is -0.137. The third kappa shape index (κ3) is 3.88. The maximum absolute atomic E-state index is 12.9. The van der Waals surface area contributed by atoms with E-state index in [0.29, 0.717) is 16.6 Å². The molecular weight excluding hydrogens is 431 g/mol. The molecule has 0 amide bonds. The highest BCUT2D eigenvalue weighted by Gasteiger charge is 2.32. The maximum Gasteiger partial charge on any atom is 0.416 e. The molecule has 1 heterocycles. The van der Waals surface area contributed by atoms with Gasteiger partial charge in [0.15, 0.2) is 0 Å². The number of hydrogen-bond donors (Lipinski definition) is 1. The smallest absolute Gasteiger partial charge is 0.306 e. The quantitative estimate of drug-likeness (QED) is 0.613. The summed E-state index contributed by atoms with van der Waals surface area (Å²) in [6.07, 6.45) is -4.35. The van der Waals surface area contributed by atoms with Gasteiger partial charge in [-0.1, -0.05) is 22.9 Å². The van der Waals surface area contributed by atoms with Crippen LogP contribution >= 0.6 is 43.2 Å². The topological polar surface area (TPSA) is 12.0 Å². The number of alkyl halides is 3. The molecule has 1 N–H and O–H groups in total. The fourth-order valence-electron chi connectivity index (χ4n) is 2.00. The lowest BCUT2D eigenvalue weighted by Gasteiger charge is -2.20. The van der Waals surface area contributed by atoms with Gasteiger partial charge in [-0.2, -0.15) is 13.2 Å². The molecule has 1 atom stereocenters. The summed E-state index contributed by atoms with van der Waals surface area (Å²) in [5.41, 5.74) is -0.0638. The van der Waals surface area contributed by atoms with Crippen LogP contribution in [0.3, 0.4) is 0 Å². The Balaban J connectivity index is 2.52. The Morgan fingerprint density at radius 1 is 1.19 bits per heavy atom. The summed E-state index contributed by atoms with van der Waals surface area (Å²) in [4.78, 5) is 0.955. The van der Waals surface area contributed by atoms with Crippen molar-refractivity contribution in [2.75, 3.05) is 6.54 Å². The molecule has 7 heteroatoms. The Morgan fingerprint density at radius 2 is 1.90 bits per heavy atom. The van der Waals surface area contributed by atoms with Gasteiger partial charge in [-0.25, -0.2) is 0 Å². The molecule has 114 valence electrons. The molecule has 0 aliphatic carbocycles. The van der Waals surface area contributed by atoms with Gasteiger partial charge < -0.3 is 5.32 Å². The van der Waals surface area contributed by atoms with Crippen molar-refractivity contribution in [2.24, 2.45) is 0 Å². The van der Waals surface area contributed by atoms with E-state index in [1.165, 1.54) is 23.5 Å². The van der Waals surface area contributed by atoms with E-state index < -0.39 is 11.7 Å². The highest BCUT2D eigenvalue weighted by Crippen LogP contribution is 2.39. The zero-order valence-corrected chi connectivity index (χ0v) is 15.0. The van der Waals surface area contributed by atoms with Gasteiger partial charge in [0.25, 0.3) is 0 Å². The Morgan fingerprint density at radius 3 is 2.43 bits per heavy atom. The van der Waals surface area contributed by atoms with E-state index in [-0.39, 0.29) is 6.04 Å². The maximum atomic E-state index is 12.9. The van der Waals surface area contributed by atoms with Crippen LogP contribution in [0.2, 0.25) is 0 Å². The van der Waals surface area contributed by atoms with Crippen LogP contribution in [-0.4, -0.2) is 6.54 Å². The zero-order valence-electron chi connectivity index (χ0n) is 11.0. The van der Waals surface area contributed by atoms with E-state index in [1.807, 2.05) is 18.4 Å². The van der Waals surface area contributed by atoms with Crippen LogP contribution in [0.25, 0.3) is 0 Å². The van der Waals surface area contributed by atoms with Crippen molar-refractivity contribution in [3.63, 3.8) is 0 Å². The van der Waals surface area contributed by atoms with Gasteiger partial charge in [0.05, 0.1) is 11.6 Å². The van der Waals surface area contributed by atoms with Crippen LogP contribution in [0.15, 0.2) is 38.6 Å². The third-order valence-corrected chi connectivity index (χ3v) is 5.61. The molecule has 0 fully saturated rings. The summed E-state index contributed by atoms with van der Waals surface area (Å²) in [7, 11) is 0. The molecule has 21 heavy (non-hydrogen) atoms. The number of nitrogens with one attached hydrogen (secondary N) is 1. The van der Waals surface area contributed by atoms with Crippen LogP contribution < -0.4 is 5.32 Å². The minimum absolute atomic E-state index is 0.291. The summed E-state index contributed by atoms with van der Waals surface area (Å²) < 4.78 is 40.3. The van der Waals surface area contributed by atoms with Crippen LogP contribution in [0.1, 0.15) is 29.0 Å². The first-order valence-electron chi connectivity index (χ1n) is 6.17. The average Bonchev–Trinajstić information content (AvgIpc) is 2.82. The van der Waals surface area contributed by atoms with Crippen molar-refractivity contribution in [2.45, 2.75) is 19.1 Å². The second kappa shape index (κ2) is 6.81. The minimum atomic E-state index is -4.35. The van der Waals surface area contributed by atoms with E-state index >= 15 is 0 Å². The molecular formula is C14H12Br2F3NS. The molecule has 1 unspecified atom stereocenters. The lowest BCUT2D eigenvalue weighted by Crippen LogP contribution is -2.22. The molecule has 1 nitrogen and oxygen atoms in total. The first-order chi connectivity index (χ1) is 9.84. The predicted octanol–water partition coefficient (Wildman–Crippen LogP) is 5.99. The number of halogens is 5. The van der Waals surface area contributed by atoms with Crippen molar-refractivity contribution in [3.05, 3.63) is 54.6 Å². The molecule has 1 aromatic carbocycles. The lowest BCUT2D eigenvalue weighted by atomic mass is 10.0. The molecule has 0 aliphatic heterocycles. The van der Waals surface area contributed by atoms with E-state index in [1.54, 1.807) is 0 Å². The van der Waals surface area contributed by atoms with Crippen LogP contribution in [-0.2, 0) is 6.18 Å².